The van der Waals surface area contributed by atoms with Crippen LogP contribution >= 0.6 is 0 Å². The summed E-state index contributed by atoms with van der Waals surface area (Å²) in [7, 11) is 1.82. The van der Waals surface area contributed by atoms with Gasteiger partial charge in [0.05, 0.1) is 11.9 Å². The van der Waals surface area contributed by atoms with Crippen LogP contribution in [-0.4, -0.2) is 46.3 Å². The van der Waals surface area contributed by atoms with E-state index in [0.29, 0.717) is 11.7 Å². The zero-order valence-electron chi connectivity index (χ0n) is 12.5. The summed E-state index contributed by atoms with van der Waals surface area (Å²) < 4.78 is 4.96. The van der Waals surface area contributed by atoms with E-state index in [9.17, 15) is 4.79 Å². The fraction of sp³-hybridized carbons (Fsp3) is 0.467. The summed E-state index contributed by atoms with van der Waals surface area (Å²) in [5.41, 5.74) is 0.956. The molecule has 1 N–H and O–H groups in total. The van der Waals surface area contributed by atoms with Crippen LogP contribution in [0.1, 0.15) is 29.1 Å². The van der Waals surface area contributed by atoms with Crippen molar-refractivity contribution in [3.63, 3.8) is 0 Å². The second kappa shape index (κ2) is 6.55. The molecule has 116 valence electrons. The summed E-state index contributed by atoms with van der Waals surface area (Å²) in [6.07, 6.45) is 4.41. The Morgan fingerprint density at radius 3 is 3.00 bits per heavy atom. The molecule has 1 atom stereocenters. The molecule has 2 aromatic rings. The lowest BCUT2D eigenvalue weighted by atomic mass is 9.93. The topological polar surface area (TPSA) is 84.2 Å². The molecule has 0 spiro atoms. The van der Waals surface area contributed by atoms with Crippen molar-refractivity contribution in [1.29, 1.82) is 0 Å². The van der Waals surface area contributed by atoms with Crippen molar-refractivity contribution in [2.24, 2.45) is 5.92 Å². The fourth-order valence-corrected chi connectivity index (χ4v) is 2.80. The first-order valence-electron chi connectivity index (χ1n) is 7.46. The Hall–Kier alpha value is -2.44. The summed E-state index contributed by atoms with van der Waals surface area (Å²) in [5, 5.41) is 14.9. The molecule has 1 aliphatic rings. The van der Waals surface area contributed by atoms with Gasteiger partial charge in [0.25, 0.3) is 5.91 Å². The number of hydrogen-bond acceptors (Lipinski definition) is 6. The minimum Gasteiger partial charge on any atom is -0.372 e. The van der Waals surface area contributed by atoms with Crippen LogP contribution in [0, 0.1) is 5.92 Å². The van der Waals surface area contributed by atoms with Crippen LogP contribution in [0.5, 0.6) is 0 Å². The molecule has 1 aliphatic heterocycles. The molecule has 0 saturated carbocycles. The summed E-state index contributed by atoms with van der Waals surface area (Å²) in [4.78, 5) is 14.1. The Morgan fingerprint density at radius 1 is 1.41 bits per heavy atom. The summed E-state index contributed by atoms with van der Waals surface area (Å²) >= 11 is 0. The average Bonchev–Trinajstić information content (AvgIpc) is 3.09. The van der Waals surface area contributed by atoms with Crippen LogP contribution in [0.2, 0.25) is 0 Å². The second-order valence-electron chi connectivity index (χ2n) is 5.50. The third-order valence-corrected chi connectivity index (χ3v) is 3.93. The van der Waals surface area contributed by atoms with Gasteiger partial charge in [-0.3, -0.25) is 4.79 Å². The number of piperidine rings is 1. The molecule has 1 amide bonds. The first-order chi connectivity index (χ1) is 10.8. The van der Waals surface area contributed by atoms with E-state index in [1.54, 1.807) is 6.07 Å². The maximum atomic E-state index is 12.3. The fourth-order valence-electron chi connectivity index (χ4n) is 2.80. The number of carbonyl (C=O) groups is 1. The van der Waals surface area contributed by atoms with Gasteiger partial charge in [-0.05, 0) is 37.3 Å². The van der Waals surface area contributed by atoms with Gasteiger partial charge in [0, 0.05) is 26.2 Å². The summed E-state index contributed by atoms with van der Waals surface area (Å²) in [6.45, 7) is 1.48. The highest BCUT2D eigenvalue weighted by atomic mass is 16.5. The van der Waals surface area contributed by atoms with Crippen molar-refractivity contribution in [2.45, 2.75) is 19.3 Å². The SMILES string of the molecule is CNc1ccc(C[C@@H]2CCCN(C(=O)c3ccno3)C2)nn1. The van der Waals surface area contributed by atoms with Crippen molar-refractivity contribution >= 4 is 11.7 Å². The molecule has 22 heavy (non-hydrogen) atoms. The quantitative estimate of drug-likeness (QED) is 0.923. The molecule has 7 nitrogen and oxygen atoms in total. The van der Waals surface area contributed by atoms with Crippen LogP contribution in [0.4, 0.5) is 5.82 Å². The molecule has 0 aliphatic carbocycles. The highest BCUT2D eigenvalue weighted by molar-refractivity contribution is 5.91. The number of carbonyl (C=O) groups excluding carboxylic acids is 1. The minimum absolute atomic E-state index is 0.0844. The molecule has 3 rings (SSSR count). The number of amides is 1. The monoisotopic (exact) mass is 301 g/mol. The average molecular weight is 301 g/mol. The van der Waals surface area contributed by atoms with Crippen molar-refractivity contribution in [3.05, 3.63) is 35.9 Å². The van der Waals surface area contributed by atoms with Gasteiger partial charge < -0.3 is 14.7 Å². The molecule has 0 radical (unpaired) electrons. The van der Waals surface area contributed by atoms with Gasteiger partial charge in [-0.1, -0.05) is 5.16 Å². The third-order valence-electron chi connectivity index (χ3n) is 3.93. The maximum Gasteiger partial charge on any atom is 0.292 e. The number of anilines is 1. The number of rotatable bonds is 4. The van der Waals surface area contributed by atoms with E-state index in [1.807, 2.05) is 24.1 Å². The standard InChI is InChI=1S/C15H19N5O2/c1-16-14-5-4-12(18-19-14)9-11-3-2-8-20(10-11)15(21)13-6-7-17-22-13/h4-7,11H,2-3,8-10H2,1H3,(H,16,19)/t11-/m0/s1. The van der Waals surface area contributed by atoms with Gasteiger partial charge in [-0.2, -0.15) is 5.10 Å². The zero-order valence-corrected chi connectivity index (χ0v) is 12.5. The molecule has 3 heterocycles. The number of likely N-dealkylation sites (tertiary alicyclic amines) is 1. The molecule has 7 heteroatoms. The summed E-state index contributed by atoms with van der Waals surface area (Å²) in [6, 6.07) is 5.51. The van der Waals surface area contributed by atoms with E-state index in [1.165, 1.54) is 6.20 Å². The molecule has 0 unspecified atom stereocenters. The van der Waals surface area contributed by atoms with Gasteiger partial charge in [-0.15, -0.1) is 5.10 Å². The lowest BCUT2D eigenvalue weighted by molar-refractivity contribution is 0.0631. The molecule has 1 saturated heterocycles. The highest BCUT2D eigenvalue weighted by Crippen LogP contribution is 2.21. The van der Waals surface area contributed by atoms with Crippen molar-refractivity contribution in [2.75, 3.05) is 25.5 Å². The Balaban J connectivity index is 1.61. The van der Waals surface area contributed by atoms with Crippen LogP contribution in [0.25, 0.3) is 0 Å². The highest BCUT2D eigenvalue weighted by Gasteiger charge is 2.26. The number of nitrogens with one attached hydrogen (secondary N) is 1. The molecule has 0 aromatic carbocycles. The van der Waals surface area contributed by atoms with E-state index in [-0.39, 0.29) is 5.91 Å². The predicted octanol–water partition coefficient (Wildman–Crippen LogP) is 1.60. The van der Waals surface area contributed by atoms with Gasteiger partial charge in [-0.25, -0.2) is 0 Å². The van der Waals surface area contributed by atoms with E-state index in [0.717, 1.165) is 43.9 Å². The van der Waals surface area contributed by atoms with E-state index < -0.39 is 0 Å². The van der Waals surface area contributed by atoms with Crippen molar-refractivity contribution in [1.82, 2.24) is 20.3 Å². The van der Waals surface area contributed by atoms with Crippen LogP contribution in [0.3, 0.4) is 0 Å². The Kier molecular flexibility index (Phi) is 4.32. The number of nitrogens with zero attached hydrogens (tertiary/aromatic N) is 4. The number of hydrogen-bond donors (Lipinski definition) is 1. The van der Waals surface area contributed by atoms with Crippen molar-refractivity contribution < 1.29 is 9.32 Å². The van der Waals surface area contributed by atoms with Crippen LogP contribution in [0.15, 0.2) is 28.9 Å². The van der Waals surface area contributed by atoms with Crippen molar-refractivity contribution in [3.8, 4) is 0 Å². The maximum absolute atomic E-state index is 12.3. The van der Waals surface area contributed by atoms with E-state index >= 15 is 0 Å². The van der Waals surface area contributed by atoms with Gasteiger partial charge in [0.15, 0.2) is 0 Å². The smallest absolute Gasteiger partial charge is 0.292 e. The lowest BCUT2D eigenvalue weighted by Gasteiger charge is -2.31. The second-order valence-corrected chi connectivity index (χ2v) is 5.50. The van der Waals surface area contributed by atoms with Crippen LogP contribution in [-0.2, 0) is 6.42 Å². The number of aromatic nitrogens is 3. The van der Waals surface area contributed by atoms with Gasteiger partial charge in [0.2, 0.25) is 5.76 Å². The molecular formula is C15H19N5O2. The Bertz CT molecular complexity index is 611. The van der Waals surface area contributed by atoms with Gasteiger partial charge in [0.1, 0.15) is 5.82 Å². The largest absolute Gasteiger partial charge is 0.372 e. The Labute approximate surface area is 128 Å². The van der Waals surface area contributed by atoms with E-state index in [4.69, 9.17) is 4.52 Å². The van der Waals surface area contributed by atoms with Crippen LogP contribution < -0.4 is 5.32 Å². The first kappa shape index (κ1) is 14.5. The first-order valence-corrected chi connectivity index (χ1v) is 7.46. The Morgan fingerprint density at radius 2 is 2.32 bits per heavy atom. The molecule has 0 bridgehead atoms. The third kappa shape index (κ3) is 3.24. The predicted molar refractivity (Wildman–Crippen MR) is 80.4 cm³/mol. The normalized spacial score (nSPS) is 18.2. The molecular weight excluding hydrogens is 282 g/mol. The minimum atomic E-state index is -0.0844. The molecule has 2 aromatic heterocycles. The van der Waals surface area contributed by atoms with E-state index in [2.05, 4.69) is 20.7 Å². The van der Waals surface area contributed by atoms with Gasteiger partial charge >= 0.3 is 0 Å². The molecule has 1 fully saturated rings. The zero-order chi connectivity index (χ0) is 15.4. The summed E-state index contributed by atoms with van der Waals surface area (Å²) in [5.74, 6) is 1.38. The lowest BCUT2D eigenvalue weighted by Crippen LogP contribution is -2.40.